The second-order valence-corrected chi connectivity index (χ2v) is 6.09. The molecule has 1 saturated heterocycles. The normalized spacial score (nSPS) is 17.0. The van der Waals surface area contributed by atoms with Gasteiger partial charge in [0.1, 0.15) is 5.76 Å². The van der Waals surface area contributed by atoms with Crippen molar-refractivity contribution in [2.45, 2.75) is 39.8 Å². The summed E-state index contributed by atoms with van der Waals surface area (Å²) < 4.78 is 6.95. The highest BCUT2D eigenvalue weighted by molar-refractivity contribution is 5.20. The molecule has 0 aliphatic carbocycles. The highest BCUT2D eigenvalue weighted by Crippen LogP contribution is 2.22. The SMILES string of the molecule is Cc1noc(C)c1CN1CCC(Cn2cnccc2=O)CC1. The Morgan fingerprint density at radius 1 is 1.32 bits per heavy atom. The van der Waals surface area contributed by atoms with E-state index in [-0.39, 0.29) is 5.56 Å². The fraction of sp³-hybridized carbons (Fsp3) is 0.562. The molecule has 0 amide bonds. The zero-order chi connectivity index (χ0) is 15.5. The Morgan fingerprint density at radius 2 is 2.09 bits per heavy atom. The highest BCUT2D eigenvalue weighted by atomic mass is 16.5. The number of rotatable bonds is 4. The van der Waals surface area contributed by atoms with Gasteiger partial charge in [0, 0.05) is 30.9 Å². The van der Waals surface area contributed by atoms with Gasteiger partial charge in [-0.15, -0.1) is 0 Å². The van der Waals surface area contributed by atoms with Crippen molar-refractivity contribution in [3.05, 3.63) is 46.0 Å². The van der Waals surface area contributed by atoms with Crippen molar-refractivity contribution in [3.63, 3.8) is 0 Å². The molecule has 0 radical (unpaired) electrons. The van der Waals surface area contributed by atoms with E-state index in [0.717, 1.165) is 50.5 Å². The summed E-state index contributed by atoms with van der Waals surface area (Å²) in [5.74, 6) is 1.46. The molecule has 1 fully saturated rings. The number of nitrogens with zero attached hydrogens (tertiary/aromatic N) is 4. The molecule has 0 saturated carbocycles. The van der Waals surface area contributed by atoms with Gasteiger partial charge < -0.3 is 4.52 Å². The zero-order valence-electron chi connectivity index (χ0n) is 13.2. The van der Waals surface area contributed by atoms with Crippen LogP contribution in [0.2, 0.25) is 0 Å². The highest BCUT2D eigenvalue weighted by Gasteiger charge is 2.21. The summed E-state index contributed by atoms with van der Waals surface area (Å²) in [4.78, 5) is 18.2. The third-order valence-corrected chi connectivity index (χ3v) is 4.52. The fourth-order valence-electron chi connectivity index (χ4n) is 3.07. The van der Waals surface area contributed by atoms with Gasteiger partial charge in [-0.3, -0.25) is 14.3 Å². The molecule has 118 valence electrons. The topological polar surface area (TPSA) is 64.2 Å². The number of hydrogen-bond acceptors (Lipinski definition) is 5. The first-order valence-corrected chi connectivity index (χ1v) is 7.78. The maximum absolute atomic E-state index is 11.7. The van der Waals surface area contributed by atoms with Crippen molar-refractivity contribution in [1.82, 2.24) is 19.6 Å². The monoisotopic (exact) mass is 302 g/mol. The minimum Gasteiger partial charge on any atom is -0.361 e. The Kier molecular flexibility index (Phi) is 4.38. The molecule has 0 N–H and O–H groups in total. The Hall–Kier alpha value is -1.95. The third-order valence-electron chi connectivity index (χ3n) is 4.52. The van der Waals surface area contributed by atoms with Crippen molar-refractivity contribution in [3.8, 4) is 0 Å². The van der Waals surface area contributed by atoms with Crippen molar-refractivity contribution in [2.75, 3.05) is 13.1 Å². The van der Waals surface area contributed by atoms with Gasteiger partial charge in [-0.2, -0.15) is 0 Å². The molecule has 1 aliphatic rings. The van der Waals surface area contributed by atoms with Crippen LogP contribution in [0.1, 0.15) is 29.9 Å². The van der Waals surface area contributed by atoms with Gasteiger partial charge in [-0.1, -0.05) is 5.16 Å². The minimum absolute atomic E-state index is 0.0353. The summed E-state index contributed by atoms with van der Waals surface area (Å²) in [6.45, 7) is 7.73. The largest absolute Gasteiger partial charge is 0.361 e. The van der Waals surface area contributed by atoms with Crippen LogP contribution in [0.4, 0.5) is 0 Å². The van der Waals surface area contributed by atoms with Crippen molar-refractivity contribution >= 4 is 0 Å². The van der Waals surface area contributed by atoms with Gasteiger partial charge in [0.05, 0.1) is 12.0 Å². The van der Waals surface area contributed by atoms with Crippen LogP contribution in [0.5, 0.6) is 0 Å². The fourth-order valence-corrected chi connectivity index (χ4v) is 3.07. The lowest BCUT2D eigenvalue weighted by molar-refractivity contribution is 0.165. The van der Waals surface area contributed by atoms with Crippen LogP contribution in [0.15, 0.2) is 27.9 Å². The van der Waals surface area contributed by atoms with E-state index in [1.807, 2.05) is 13.8 Å². The molecular weight excluding hydrogens is 280 g/mol. The van der Waals surface area contributed by atoms with Gasteiger partial charge in [-0.05, 0) is 45.7 Å². The molecule has 3 heterocycles. The van der Waals surface area contributed by atoms with Crippen LogP contribution in [-0.4, -0.2) is 32.7 Å². The standard InChI is InChI=1S/C16H22N4O2/c1-12-15(13(2)22-18-12)10-19-7-4-14(5-8-19)9-20-11-17-6-3-16(20)21/h3,6,11,14H,4-5,7-10H2,1-2H3. The van der Waals surface area contributed by atoms with Crippen LogP contribution in [0.3, 0.4) is 0 Å². The molecule has 22 heavy (non-hydrogen) atoms. The van der Waals surface area contributed by atoms with Crippen LogP contribution in [0, 0.1) is 19.8 Å². The molecule has 0 unspecified atom stereocenters. The number of hydrogen-bond donors (Lipinski definition) is 0. The van der Waals surface area contributed by atoms with Gasteiger partial charge in [-0.25, -0.2) is 4.98 Å². The Bertz CT molecular complexity index is 664. The van der Waals surface area contributed by atoms with Crippen LogP contribution in [0.25, 0.3) is 0 Å². The van der Waals surface area contributed by atoms with Gasteiger partial charge >= 0.3 is 0 Å². The lowest BCUT2D eigenvalue weighted by Crippen LogP contribution is -2.36. The summed E-state index contributed by atoms with van der Waals surface area (Å²) >= 11 is 0. The molecule has 2 aromatic rings. The first-order valence-electron chi connectivity index (χ1n) is 7.78. The molecule has 6 nitrogen and oxygen atoms in total. The number of aromatic nitrogens is 3. The predicted octanol–water partition coefficient (Wildman–Crippen LogP) is 1.76. The van der Waals surface area contributed by atoms with Crippen LogP contribution >= 0.6 is 0 Å². The first kappa shape index (κ1) is 15.0. The van der Waals surface area contributed by atoms with E-state index in [9.17, 15) is 4.79 Å². The van der Waals surface area contributed by atoms with Crippen molar-refractivity contribution in [2.24, 2.45) is 5.92 Å². The summed E-state index contributed by atoms with van der Waals surface area (Å²) in [6, 6.07) is 1.52. The number of likely N-dealkylation sites (tertiary alicyclic amines) is 1. The maximum Gasteiger partial charge on any atom is 0.253 e. The molecule has 6 heteroatoms. The Labute approximate surface area is 129 Å². The predicted molar refractivity (Wildman–Crippen MR) is 82.5 cm³/mol. The Balaban J connectivity index is 1.55. The zero-order valence-corrected chi connectivity index (χ0v) is 13.2. The number of aryl methyl sites for hydroxylation is 2. The lowest BCUT2D eigenvalue weighted by Gasteiger charge is -2.32. The molecule has 0 atom stereocenters. The van der Waals surface area contributed by atoms with Crippen molar-refractivity contribution in [1.29, 1.82) is 0 Å². The molecule has 0 bridgehead atoms. The van der Waals surface area contributed by atoms with Gasteiger partial charge in [0.25, 0.3) is 5.56 Å². The average Bonchev–Trinajstić information content (AvgIpc) is 2.83. The van der Waals surface area contributed by atoms with E-state index in [0.29, 0.717) is 5.92 Å². The smallest absolute Gasteiger partial charge is 0.253 e. The Morgan fingerprint density at radius 3 is 2.73 bits per heavy atom. The van der Waals surface area contributed by atoms with E-state index in [1.54, 1.807) is 17.1 Å². The van der Waals surface area contributed by atoms with E-state index >= 15 is 0 Å². The molecule has 2 aromatic heterocycles. The lowest BCUT2D eigenvalue weighted by atomic mass is 9.96. The van der Waals surface area contributed by atoms with Crippen LogP contribution in [-0.2, 0) is 13.1 Å². The summed E-state index contributed by atoms with van der Waals surface area (Å²) in [7, 11) is 0. The van der Waals surface area contributed by atoms with Crippen molar-refractivity contribution < 1.29 is 4.52 Å². The minimum atomic E-state index is 0.0353. The maximum atomic E-state index is 11.7. The molecular formula is C16H22N4O2. The van der Waals surface area contributed by atoms with Gasteiger partial charge in [0.2, 0.25) is 0 Å². The first-order chi connectivity index (χ1) is 10.6. The molecule has 0 aromatic carbocycles. The van der Waals surface area contributed by atoms with E-state index in [1.165, 1.54) is 11.6 Å². The second kappa shape index (κ2) is 6.44. The number of piperidine rings is 1. The molecule has 1 aliphatic heterocycles. The molecule has 3 rings (SSSR count). The van der Waals surface area contributed by atoms with Gasteiger partial charge in [0.15, 0.2) is 0 Å². The van der Waals surface area contributed by atoms with E-state index in [4.69, 9.17) is 4.52 Å². The summed E-state index contributed by atoms with van der Waals surface area (Å²) in [6.07, 6.45) is 5.39. The second-order valence-electron chi connectivity index (χ2n) is 6.09. The van der Waals surface area contributed by atoms with Crippen LogP contribution < -0.4 is 5.56 Å². The molecule has 0 spiro atoms. The summed E-state index contributed by atoms with van der Waals surface area (Å²) in [5, 5.41) is 4.02. The quantitative estimate of drug-likeness (QED) is 0.861. The summed E-state index contributed by atoms with van der Waals surface area (Å²) in [5.41, 5.74) is 2.23. The average molecular weight is 302 g/mol. The third kappa shape index (κ3) is 3.27. The van der Waals surface area contributed by atoms with E-state index in [2.05, 4.69) is 15.0 Å². The van der Waals surface area contributed by atoms with E-state index < -0.39 is 0 Å².